The van der Waals surface area contributed by atoms with E-state index in [1.807, 2.05) is 37.3 Å². The van der Waals surface area contributed by atoms with E-state index in [1.54, 1.807) is 36.6 Å². The number of furan rings is 1. The molecule has 0 unspecified atom stereocenters. The van der Waals surface area contributed by atoms with E-state index >= 15 is 0 Å². The number of nitrogens with one attached hydrogen (secondary N) is 1. The zero-order valence-corrected chi connectivity index (χ0v) is 15.9. The summed E-state index contributed by atoms with van der Waals surface area (Å²) in [5.74, 6) is 0.361. The Bertz CT molecular complexity index is 1210. The summed E-state index contributed by atoms with van der Waals surface area (Å²) in [4.78, 5) is 17.4. The Hall–Kier alpha value is -3.31. The fourth-order valence-electron chi connectivity index (χ4n) is 2.80. The van der Waals surface area contributed by atoms with Crippen LogP contribution in [-0.2, 0) is 6.54 Å². The number of benzene rings is 2. The lowest BCUT2D eigenvalue weighted by Crippen LogP contribution is -2.28. The first kappa shape index (κ1) is 18.1. The van der Waals surface area contributed by atoms with E-state index < -0.39 is 0 Å². The van der Waals surface area contributed by atoms with Crippen LogP contribution >= 0.6 is 11.6 Å². The Kier molecular flexibility index (Phi) is 5.00. The van der Waals surface area contributed by atoms with E-state index in [4.69, 9.17) is 20.4 Å². The van der Waals surface area contributed by atoms with Crippen molar-refractivity contribution in [3.8, 4) is 0 Å². The number of para-hydroxylation sites is 1. The van der Waals surface area contributed by atoms with Gasteiger partial charge in [-0.3, -0.25) is 4.79 Å². The van der Waals surface area contributed by atoms with Crippen LogP contribution in [0.4, 0.5) is 5.69 Å². The van der Waals surface area contributed by atoms with Crippen LogP contribution < -0.4 is 10.9 Å². The minimum atomic E-state index is -0.302. The van der Waals surface area contributed by atoms with Gasteiger partial charge in [0.1, 0.15) is 16.9 Å². The number of hydrogen-bond acceptors (Lipinski definition) is 4. The summed E-state index contributed by atoms with van der Waals surface area (Å²) in [7, 11) is 0. The highest BCUT2D eigenvalue weighted by atomic mass is 35.5. The molecule has 0 saturated carbocycles. The topological polar surface area (TPSA) is 67.7 Å². The maximum Gasteiger partial charge on any atom is 0.257 e. The predicted molar refractivity (Wildman–Crippen MR) is 108 cm³/mol. The van der Waals surface area contributed by atoms with Gasteiger partial charge >= 0.3 is 0 Å². The van der Waals surface area contributed by atoms with E-state index in [1.165, 1.54) is 0 Å². The molecule has 0 radical (unpaired) electrons. The number of fused-ring (bicyclic) bond motifs is 1. The van der Waals surface area contributed by atoms with Gasteiger partial charge in [0.05, 0.1) is 18.5 Å². The van der Waals surface area contributed by atoms with E-state index in [2.05, 4.69) is 10.3 Å². The van der Waals surface area contributed by atoms with Crippen molar-refractivity contribution in [2.45, 2.75) is 13.5 Å². The fraction of sp³-hybridized carbons (Fsp3) is 0.0909. The molecule has 2 aromatic carbocycles. The van der Waals surface area contributed by atoms with Gasteiger partial charge in [0.2, 0.25) is 5.55 Å². The maximum absolute atomic E-state index is 12.8. The Morgan fingerprint density at radius 1 is 1.11 bits per heavy atom. The lowest BCUT2D eigenvalue weighted by Gasteiger charge is -2.07. The first-order valence-electron chi connectivity index (χ1n) is 8.74. The Labute approximate surface area is 166 Å². The number of nitrogens with zero attached hydrogens (tertiary/aromatic N) is 1. The van der Waals surface area contributed by atoms with Crippen molar-refractivity contribution in [1.82, 2.24) is 5.32 Å². The third kappa shape index (κ3) is 3.85. The molecule has 2 aromatic heterocycles. The summed E-state index contributed by atoms with van der Waals surface area (Å²) in [6.45, 7) is 2.20. The van der Waals surface area contributed by atoms with Crippen LogP contribution in [0.15, 0.2) is 80.8 Å². The number of hydrogen-bond donors (Lipinski definition) is 1. The second kappa shape index (κ2) is 7.74. The molecule has 0 aliphatic rings. The van der Waals surface area contributed by atoms with Crippen molar-refractivity contribution in [3.05, 3.63) is 94.4 Å². The van der Waals surface area contributed by atoms with Gasteiger partial charge in [-0.1, -0.05) is 35.9 Å². The van der Waals surface area contributed by atoms with Crippen molar-refractivity contribution < 1.29 is 13.6 Å². The van der Waals surface area contributed by atoms with Gasteiger partial charge in [-0.2, -0.15) is 0 Å². The molecule has 2 heterocycles. The molecule has 5 nitrogen and oxygen atoms in total. The minimum Gasteiger partial charge on any atom is -0.467 e. The second-order valence-electron chi connectivity index (χ2n) is 6.31. The summed E-state index contributed by atoms with van der Waals surface area (Å²) in [5, 5.41) is 4.22. The number of carbonyl (C=O) groups is 1. The highest BCUT2D eigenvalue weighted by Gasteiger charge is 2.13. The van der Waals surface area contributed by atoms with Crippen LogP contribution in [0.1, 0.15) is 21.7 Å². The summed E-state index contributed by atoms with van der Waals surface area (Å²) in [6, 6.07) is 18.2. The molecule has 0 saturated heterocycles. The van der Waals surface area contributed by atoms with E-state index in [-0.39, 0.29) is 18.0 Å². The summed E-state index contributed by atoms with van der Waals surface area (Å²) in [5.41, 5.74) is 2.77. The van der Waals surface area contributed by atoms with Crippen molar-refractivity contribution in [3.63, 3.8) is 0 Å². The van der Waals surface area contributed by atoms with Gasteiger partial charge in [0, 0.05) is 10.4 Å². The molecule has 0 fully saturated rings. The second-order valence-corrected chi connectivity index (χ2v) is 6.74. The third-order valence-corrected chi connectivity index (χ3v) is 4.53. The normalized spacial score (nSPS) is 11.7. The van der Waals surface area contributed by atoms with Crippen molar-refractivity contribution >= 4 is 34.2 Å². The standard InChI is InChI=1S/C22H17ClN2O3/c1-14-8-9-16(23)12-19(14)25-22-18(11-15-5-2-3-7-20(15)28-22)21(26)24-13-17-6-4-10-27-17/h2-12H,13H2,1H3,(H,24,26). The molecule has 0 aliphatic carbocycles. The molecule has 1 N–H and O–H groups in total. The largest absolute Gasteiger partial charge is 0.467 e. The van der Waals surface area contributed by atoms with Crippen molar-refractivity contribution in [1.29, 1.82) is 0 Å². The van der Waals surface area contributed by atoms with Crippen molar-refractivity contribution in [2.24, 2.45) is 4.99 Å². The molecule has 4 rings (SSSR count). The number of halogens is 1. The van der Waals surface area contributed by atoms with Crippen LogP contribution in [0.3, 0.4) is 0 Å². The van der Waals surface area contributed by atoms with Crippen LogP contribution in [0.5, 0.6) is 0 Å². The molecular formula is C22H17ClN2O3. The Balaban J connectivity index is 1.81. The van der Waals surface area contributed by atoms with Gasteiger partial charge in [0.15, 0.2) is 0 Å². The molecule has 0 aliphatic heterocycles. The number of carbonyl (C=O) groups excluding carboxylic acids is 1. The molecule has 6 heteroatoms. The molecule has 4 aromatic rings. The number of rotatable bonds is 4. The van der Waals surface area contributed by atoms with Crippen LogP contribution in [0.25, 0.3) is 11.0 Å². The Morgan fingerprint density at radius 2 is 1.96 bits per heavy atom. The minimum absolute atomic E-state index is 0.223. The van der Waals surface area contributed by atoms with Gasteiger partial charge in [0.25, 0.3) is 5.91 Å². The molecule has 28 heavy (non-hydrogen) atoms. The zero-order chi connectivity index (χ0) is 19.5. The summed E-state index contributed by atoms with van der Waals surface area (Å²) < 4.78 is 11.2. The van der Waals surface area contributed by atoms with Gasteiger partial charge in [-0.05, 0) is 48.9 Å². The monoisotopic (exact) mass is 392 g/mol. The van der Waals surface area contributed by atoms with Crippen LogP contribution in [0.2, 0.25) is 5.02 Å². The third-order valence-electron chi connectivity index (χ3n) is 4.30. The SMILES string of the molecule is Cc1ccc(Cl)cc1N=c1oc2ccccc2cc1C(=O)NCc1ccco1. The highest BCUT2D eigenvalue weighted by Crippen LogP contribution is 2.23. The summed E-state index contributed by atoms with van der Waals surface area (Å²) >= 11 is 6.11. The van der Waals surface area contributed by atoms with Gasteiger partial charge in [-0.15, -0.1) is 0 Å². The quantitative estimate of drug-likeness (QED) is 0.522. The van der Waals surface area contributed by atoms with E-state index in [0.29, 0.717) is 27.6 Å². The average Bonchev–Trinajstić information content (AvgIpc) is 3.22. The highest BCUT2D eigenvalue weighted by molar-refractivity contribution is 6.30. The molecular weight excluding hydrogens is 376 g/mol. The summed E-state index contributed by atoms with van der Waals surface area (Å²) in [6.07, 6.45) is 1.57. The van der Waals surface area contributed by atoms with Crippen molar-refractivity contribution in [2.75, 3.05) is 0 Å². The van der Waals surface area contributed by atoms with Gasteiger partial charge in [-0.25, -0.2) is 4.99 Å². The van der Waals surface area contributed by atoms with Crippen LogP contribution in [0, 0.1) is 6.92 Å². The molecule has 0 bridgehead atoms. The first-order chi connectivity index (χ1) is 13.6. The molecule has 140 valence electrons. The van der Waals surface area contributed by atoms with E-state index in [0.717, 1.165) is 10.9 Å². The lowest BCUT2D eigenvalue weighted by molar-refractivity contribution is 0.0944. The Morgan fingerprint density at radius 3 is 2.79 bits per heavy atom. The first-order valence-corrected chi connectivity index (χ1v) is 9.12. The predicted octanol–water partition coefficient (Wildman–Crippen LogP) is 5.15. The van der Waals surface area contributed by atoms with Crippen LogP contribution in [-0.4, -0.2) is 5.91 Å². The molecule has 1 amide bonds. The zero-order valence-electron chi connectivity index (χ0n) is 15.1. The fourth-order valence-corrected chi connectivity index (χ4v) is 2.97. The molecule has 0 spiro atoms. The van der Waals surface area contributed by atoms with Gasteiger partial charge < -0.3 is 14.2 Å². The molecule has 0 atom stereocenters. The lowest BCUT2D eigenvalue weighted by atomic mass is 10.1. The smallest absolute Gasteiger partial charge is 0.257 e. The van der Waals surface area contributed by atoms with E-state index in [9.17, 15) is 4.79 Å². The number of amides is 1. The average molecular weight is 393 g/mol. The maximum atomic E-state index is 12.8. The number of aryl methyl sites for hydroxylation is 1.